The fourth-order valence-corrected chi connectivity index (χ4v) is 7.94. The summed E-state index contributed by atoms with van der Waals surface area (Å²) >= 11 is 0. The molecule has 0 radical (unpaired) electrons. The minimum atomic E-state index is 0.206. The molecule has 2 atom stereocenters. The van der Waals surface area contributed by atoms with Crippen LogP contribution in [0.4, 0.5) is 28.4 Å². The summed E-state index contributed by atoms with van der Waals surface area (Å²) in [7, 11) is 0. The molecular weight excluding hydrogens is 641 g/mol. The molecule has 0 N–H and O–H groups in total. The fraction of sp³-hybridized carbons (Fsp3) is 0.0588. The van der Waals surface area contributed by atoms with Gasteiger partial charge in [0, 0.05) is 33.8 Å². The second kappa shape index (κ2) is 14.2. The van der Waals surface area contributed by atoms with E-state index in [9.17, 15) is 0 Å². The maximum atomic E-state index is 2.50. The molecule has 53 heavy (non-hydrogen) atoms. The maximum Gasteiger partial charge on any atom is 0.0585 e. The van der Waals surface area contributed by atoms with Gasteiger partial charge in [-0.25, -0.2) is 0 Å². The summed E-state index contributed by atoms with van der Waals surface area (Å²) < 4.78 is 0. The lowest BCUT2D eigenvalue weighted by molar-refractivity contribution is 0.610. The number of hydrogen-bond acceptors (Lipinski definition) is 2. The highest BCUT2D eigenvalue weighted by Crippen LogP contribution is 2.43. The second-order valence-electron chi connectivity index (χ2n) is 13.8. The third-order valence-corrected chi connectivity index (χ3v) is 10.5. The van der Waals surface area contributed by atoms with Gasteiger partial charge in [-0.2, -0.15) is 0 Å². The number of allylic oxidation sites excluding steroid dienone is 2. The topological polar surface area (TPSA) is 6.48 Å². The van der Waals surface area contributed by atoms with E-state index in [4.69, 9.17) is 0 Å². The van der Waals surface area contributed by atoms with E-state index in [2.05, 4.69) is 229 Å². The summed E-state index contributed by atoms with van der Waals surface area (Å²) in [5, 5.41) is 4.94. The zero-order valence-corrected chi connectivity index (χ0v) is 29.8. The molecule has 0 heterocycles. The molecule has 2 nitrogen and oxygen atoms in total. The van der Waals surface area contributed by atoms with Crippen molar-refractivity contribution in [1.82, 2.24) is 0 Å². The molecule has 0 aliphatic heterocycles. The molecule has 0 saturated carbocycles. The van der Waals surface area contributed by atoms with Crippen LogP contribution >= 0.6 is 0 Å². The summed E-state index contributed by atoms with van der Waals surface area (Å²) in [4.78, 5) is 4.87. The van der Waals surface area contributed by atoms with E-state index in [1.54, 1.807) is 0 Å². The number of anilines is 5. The first-order valence-electron chi connectivity index (χ1n) is 18.5. The smallest absolute Gasteiger partial charge is 0.0585 e. The fourth-order valence-electron chi connectivity index (χ4n) is 7.94. The van der Waals surface area contributed by atoms with E-state index in [-0.39, 0.29) is 6.04 Å². The highest BCUT2D eigenvalue weighted by atomic mass is 15.2. The highest BCUT2D eigenvalue weighted by Gasteiger charge is 2.26. The first kappa shape index (κ1) is 32.3. The van der Waals surface area contributed by atoms with Crippen molar-refractivity contribution in [2.75, 3.05) is 9.80 Å². The summed E-state index contributed by atoms with van der Waals surface area (Å²) in [5.74, 6) is 0.366. The Labute approximate surface area is 312 Å². The number of hydrogen-bond donors (Lipinski definition) is 0. The quantitative estimate of drug-likeness (QED) is 0.158. The van der Waals surface area contributed by atoms with Crippen LogP contribution in [0.2, 0.25) is 0 Å². The molecule has 0 bridgehead atoms. The molecule has 1 aliphatic rings. The van der Waals surface area contributed by atoms with E-state index in [0.29, 0.717) is 5.92 Å². The van der Waals surface area contributed by atoms with Gasteiger partial charge < -0.3 is 9.80 Å². The first-order chi connectivity index (χ1) is 26.2. The van der Waals surface area contributed by atoms with Gasteiger partial charge >= 0.3 is 0 Å². The van der Waals surface area contributed by atoms with Gasteiger partial charge in [0.15, 0.2) is 0 Å². The van der Waals surface area contributed by atoms with Gasteiger partial charge in [-0.05, 0) is 98.9 Å². The van der Waals surface area contributed by atoms with Gasteiger partial charge in [0.1, 0.15) is 0 Å². The van der Waals surface area contributed by atoms with Crippen molar-refractivity contribution in [3.63, 3.8) is 0 Å². The van der Waals surface area contributed by atoms with Crippen molar-refractivity contribution in [2.24, 2.45) is 5.92 Å². The van der Waals surface area contributed by atoms with E-state index < -0.39 is 0 Å². The lowest BCUT2D eigenvalue weighted by atomic mass is 9.92. The zero-order valence-electron chi connectivity index (χ0n) is 29.8. The first-order valence-corrected chi connectivity index (χ1v) is 18.5. The van der Waals surface area contributed by atoms with Crippen LogP contribution in [0.5, 0.6) is 0 Å². The van der Waals surface area contributed by atoms with Crippen molar-refractivity contribution in [3.8, 4) is 22.3 Å². The van der Waals surface area contributed by atoms with Crippen LogP contribution in [0.3, 0.4) is 0 Å². The van der Waals surface area contributed by atoms with Crippen LogP contribution in [0.1, 0.15) is 6.92 Å². The molecule has 0 spiro atoms. The average molecular weight is 681 g/mol. The number of nitrogens with zero attached hydrogens (tertiary/aromatic N) is 2. The van der Waals surface area contributed by atoms with Crippen molar-refractivity contribution in [1.29, 1.82) is 0 Å². The molecule has 254 valence electrons. The number of benzene rings is 8. The van der Waals surface area contributed by atoms with Gasteiger partial charge in [-0.1, -0.05) is 165 Å². The van der Waals surface area contributed by atoms with Crippen LogP contribution < -0.4 is 9.80 Å². The lowest BCUT2D eigenvalue weighted by Crippen LogP contribution is -2.35. The average Bonchev–Trinajstić information content (AvgIpc) is 3.23. The molecule has 1 aliphatic carbocycles. The summed E-state index contributed by atoms with van der Waals surface area (Å²) in [6.07, 6.45) is 8.97. The molecule has 9 rings (SSSR count). The molecule has 0 aromatic heterocycles. The number of rotatable bonds is 8. The van der Waals surface area contributed by atoms with E-state index in [1.165, 1.54) is 55.2 Å². The van der Waals surface area contributed by atoms with Crippen molar-refractivity contribution in [2.45, 2.75) is 13.0 Å². The second-order valence-corrected chi connectivity index (χ2v) is 13.8. The Kier molecular flexibility index (Phi) is 8.63. The molecule has 8 aromatic carbocycles. The zero-order chi connectivity index (χ0) is 35.6. The monoisotopic (exact) mass is 680 g/mol. The molecule has 2 unspecified atom stereocenters. The summed E-state index contributed by atoms with van der Waals surface area (Å²) in [6.45, 7) is 2.30. The Balaban J connectivity index is 1.15. The van der Waals surface area contributed by atoms with Gasteiger partial charge in [0.2, 0.25) is 0 Å². The largest absolute Gasteiger partial charge is 0.333 e. The lowest BCUT2D eigenvalue weighted by Gasteiger charge is -2.36. The van der Waals surface area contributed by atoms with E-state index in [0.717, 1.165) is 17.1 Å². The predicted octanol–water partition coefficient (Wildman–Crippen LogP) is 14.1. The Morgan fingerprint density at radius 3 is 1.74 bits per heavy atom. The summed E-state index contributed by atoms with van der Waals surface area (Å²) in [5.41, 5.74) is 10.6. The maximum absolute atomic E-state index is 2.50. The van der Waals surface area contributed by atoms with Gasteiger partial charge in [-0.15, -0.1) is 0 Å². The van der Waals surface area contributed by atoms with Crippen molar-refractivity contribution in [3.05, 3.63) is 212 Å². The number of para-hydroxylation sites is 2. The highest BCUT2D eigenvalue weighted by molar-refractivity contribution is 6.05. The molecule has 0 saturated heterocycles. The molecule has 2 heteroatoms. The van der Waals surface area contributed by atoms with Crippen LogP contribution in [-0.2, 0) is 0 Å². The third-order valence-electron chi connectivity index (χ3n) is 10.5. The predicted molar refractivity (Wildman–Crippen MR) is 227 cm³/mol. The van der Waals surface area contributed by atoms with Gasteiger partial charge in [0.05, 0.1) is 6.04 Å². The molecular formula is C51H40N2. The SMILES string of the molecule is CC1C=CC=CC1N(c1ccccc1)c1cccc2c(-c3ccc(N(c4ccccc4)c4cc(-c5ccccc5)c5ccccc5c4)cc3)cccc12. The molecule has 8 aromatic rings. The minimum absolute atomic E-state index is 0.206. The van der Waals surface area contributed by atoms with Crippen molar-refractivity contribution >= 4 is 50.0 Å². The minimum Gasteiger partial charge on any atom is -0.333 e. The van der Waals surface area contributed by atoms with Crippen molar-refractivity contribution < 1.29 is 0 Å². The summed E-state index contributed by atoms with van der Waals surface area (Å²) in [6, 6.07) is 68.3. The number of fused-ring (bicyclic) bond motifs is 2. The normalized spacial score (nSPS) is 15.1. The van der Waals surface area contributed by atoms with Crippen LogP contribution in [0.15, 0.2) is 212 Å². The Morgan fingerprint density at radius 2 is 0.981 bits per heavy atom. The van der Waals surface area contributed by atoms with Crippen LogP contribution in [0, 0.1) is 5.92 Å². The Morgan fingerprint density at radius 1 is 0.396 bits per heavy atom. The third kappa shape index (κ3) is 6.19. The van der Waals surface area contributed by atoms with Crippen LogP contribution in [-0.4, -0.2) is 6.04 Å². The molecule has 0 fully saturated rings. The Bertz CT molecular complexity index is 2570. The Hall–Kier alpha value is -6.64. The van der Waals surface area contributed by atoms with E-state index >= 15 is 0 Å². The standard InChI is InChI=1S/C51H40N2/c1-37-17-11-14-29-50(37)53(42-23-9-4-10-24-42)51-30-16-27-47-45(26-15-28-48(47)51)39-31-33-43(34-32-39)52(41-21-7-3-8-22-41)44-35-40-20-12-13-25-46(40)49(36-44)38-18-5-2-6-19-38/h2-37,50H,1H3. The van der Waals surface area contributed by atoms with Crippen LogP contribution in [0.25, 0.3) is 43.8 Å². The van der Waals surface area contributed by atoms with E-state index in [1.807, 2.05) is 0 Å². The molecule has 0 amide bonds. The van der Waals surface area contributed by atoms with Gasteiger partial charge in [-0.3, -0.25) is 0 Å². The van der Waals surface area contributed by atoms with Gasteiger partial charge in [0.25, 0.3) is 0 Å².